The predicted molar refractivity (Wildman–Crippen MR) is 115 cm³/mol. The molecule has 156 valence electrons. The lowest BCUT2D eigenvalue weighted by atomic mass is 9.92. The largest absolute Gasteiger partial charge is 0.351 e. The van der Waals surface area contributed by atoms with E-state index in [9.17, 15) is 9.59 Å². The molecule has 4 rings (SSSR count). The number of rotatable bonds is 3. The van der Waals surface area contributed by atoms with Crippen LogP contribution in [0.3, 0.4) is 0 Å². The van der Waals surface area contributed by atoms with E-state index < -0.39 is 0 Å². The van der Waals surface area contributed by atoms with Gasteiger partial charge in [0.1, 0.15) is 5.69 Å². The van der Waals surface area contributed by atoms with Gasteiger partial charge in [0.2, 0.25) is 5.91 Å². The first-order valence-electron chi connectivity index (χ1n) is 10.8. The maximum atomic E-state index is 12.9. The average Bonchev–Trinajstić information content (AvgIpc) is 3.10. The molecule has 6 heteroatoms. The molecule has 0 saturated carbocycles. The molecule has 6 nitrogen and oxygen atoms in total. The molecule has 3 heterocycles. The van der Waals surface area contributed by atoms with Gasteiger partial charge in [0.25, 0.3) is 5.91 Å². The van der Waals surface area contributed by atoms with Crippen molar-refractivity contribution in [3.8, 4) is 0 Å². The Morgan fingerprint density at radius 1 is 1.00 bits per heavy atom. The SMILES string of the molecule is Cc1ccc2[nH]c(C(=O)N3CCN(CC(=O)N4CC(C)CC(C)C4)CC3)cc2c1. The Hall–Kier alpha value is -2.34. The standard InChI is InChI=1S/C23H32N4O2/c1-16-4-5-20-19(11-16)12-21(24-20)23(29)26-8-6-25(7-9-26)15-22(28)27-13-17(2)10-18(3)14-27/h4-5,11-12,17-18,24H,6-10,13-15H2,1-3H3. The fraction of sp³-hybridized carbons (Fsp3) is 0.565. The minimum atomic E-state index is 0.0449. The number of fused-ring (bicyclic) bond motifs is 1. The van der Waals surface area contributed by atoms with E-state index in [1.807, 2.05) is 28.0 Å². The van der Waals surface area contributed by atoms with Gasteiger partial charge in [-0.25, -0.2) is 0 Å². The molecule has 2 aliphatic rings. The van der Waals surface area contributed by atoms with E-state index in [1.54, 1.807) is 0 Å². The molecule has 2 aromatic rings. The third-order valence-corrected chi connectivity index (χ3v) is 6.25. The van der Waals surface area contributed by atoms with Crippen molar-refractivity contribution < 1.29 is 9.59 Å². The van der Waals surface area contributed by atoms with Gasteiger partial charge in [0, 0.05) is 50.2 Å². The van der Waals surface area contributed by atoms with Gasteiger partial charge < -0.3 is 14.8 Å². The maximum Gasteiger partial charge on any atom is 0.270 e. The molecule has 1 N–H and O–H groups in total. The van der Waals surface area contributed by atoms with E-state index in [2.05, 4.69) is 36.7 Å². The highest BCUT2D eigenvalue weighted by Gasteiger charge is 2.28. The van der Waals surface area contributed by atoms with Gasteiger partial charge in [-0.2, -0.15) is 0 Å². The second-order valence-electron chi connectivity index (χ2n) is 9.09. The van der Waals surface area contributed by atoms with Crippen LogP contribution in [-0.4, -0.2) is 77.3 Å². The number of aromatic amines is 1. The number of amides is 2. The molecule has 2 amide bonds. The Kier molecular flexibility index (Phi) is 5.63. The third-order valence-electron chi connectivity index (χ3n) is 6.25. The van der Waals surface area contributed by atoms with Crippen LogP contribution in [0.1, 0.15) is 36.3 Å². The minimum absolute atomic E-state index is 0.0449. The highest BCUT2D eigenvalue weighted by atomic mass is 16.2. The molecule has 2 unspecified atom stereocenters. The monoisotopic (exact) mass is 396 g/mol. The zero-order valence-corrected chi connectivity index (χ0v) is 17.8. The van der Waals surface area contributed by atoms with Crippen LogP contribution in [0, 0.1) is 18.8 Å². The Labute approximate surface area is 172 Å². The van der Waals surface area contributed by atoms with Crippen LogP contribution in [0.5, 0.6) is 0 Å². The molecule has 2 saturated heterocycles. The summed E-state index contributed by atoms with van der Waals surface area (Å²) in [7, 11) is 0. The van der Waals surface area contributed by atoms with E-state index in [0.717, 1.165) is 37.1 Å². The Morgan fingerprint density at radius 2 is 1.69 bits per heavy atom. The lowest BCUT2D eigenvalue weighted by Gasteiger charge is -2.38. The van der Waals surface area contributed by atoms with Crippen molar-refractivity contribution in [3.05, 3.63) is 35.5 Å². The van der Waals surface area contributed by atoms with Crippen molar-refractivity contribution in [2.45, 2.75) is 27.2 Å². The first-order valence-corrected chi connectivity index (χ1v) is 10.8. The average molecular weight is 397 g/mol. The van der Waals surface area contributed by atoms with E-state index in [0.29, 0.717) is 37.2 Å². The zero-order chi connectivity index (χ0) is 20.5. The van der Waals surface area contributed by atoms with Crippen molar-refractivity contribution in [2.24, 2.45) is 11.8 Å². The molecular weight excluding hydrogens is 364 g/mol. The molecule has 0 aliphatic carbocycles. The first kappa shape index (κ1) is 20.0. The molecule has 2 fully saturated rings. The van der Waals surface area contributed by atoms with Gasteiger partial charge >= 0.3 is 0 Å². The summed E-state index contributed by atoms with van der Waals surface area (Å²) in [5, 5.41) is 1.07. The summed E-state index contributed by atoms with van der Waals surface area (Å²) in [5.74, 6) is 1.44. The second kappa shape index (κ2) is 8.19. The zero-order valence-electron chi connectivity index (χ0n) is 17.8. The minimum Gasteiger partial charge on any atom is -0.351 e. The molecule has 0 radical (unpaired) electrons. The number of likely N-dealkylation sites (tertiary alicyclic amines) is 1. The topological polar surface area (TPSA) is 59.7 Å². The summed E-state index contributed by atoms with van der Waals surface area (Å²) in [6, 6.07) is 8.10. The van der Waals surface area contributed by atoms with Gasteiger partial charge in [-0.3, -0.25) is 14.5 Å². The lowest BCUT2D eigenvalue weighted by Crippen LogP contribution is -2.53. The van der Waals surface area contributed by atoms with Gasteiger partial charge in [-0.1, -0.05) is 25.5 Å². The van der Waals surface area contributed by atoms with E-state index >= 15 is 0 Å². The number of piperazine rings is 1. The first-order chi connectivity index (χ1) is 13.9. The van der Waals surface area contributed by atoms with Crippen LogP contribution in [0.15, 0.2) is 24.3 Å². The number of carbonyl (C=O) groups excluding carboxylic acids is 2. The molecule has 29 heavy (non-hydrogen) atoms. The lowest BCUT2D eigenvalue weighted by molar-refractivity contribution is -0.135. The van der Waals surface area contributed by atoms with Crippen molar-refractivity contribution >= 4 is 22.7 Å². The van der Waals surface area contributed by atoms with Crippen LogP contribution in [-0.2, 0) is 4.79 Å². The fourth-order valence-electron chi connectivity index (χ4n) is 4.80. The van der Waals surface area contributed by atoms with Crippen molar-refractivity contribution in [3.63, 3.8) is 0 Å². The highest BCUT2D eigenvalue weighted by molar-refractivity contribution is 5.98. The molecule has 0 spiro atoms. The van der Waals surface area contributed by atoms with Gasteiger partial charge in [-0.15, -0.1) is 0 Å². The molecule has 2 aliphatic heterocycles. The van der Waals surface area contributed by atoms with Crippen LogP contribution < -0.4 is 0 Å². The third kappa shape index (κ3) is 4.47. The number of benzene rings is 1. The number of H-pyrrole nitrogens is 1. The predicted octanol–water partition coefficient (Wildman–Crippen LogP) is 2.74. The van der Waals surface area contributed by atoms with Crippen LogP contribution in [0.25, 0.3) is 10.9 Å². The molecule has 2 atom stereocenters. The maximum absolute atomic E-state index is 12.9. The molecule has 1 aromatic heterocycles. The Morgan fingerprint density at radius 3 is 2.38 bits per heavy atom. The highest BCUT2D eigenvalue weighted by Crippen LogP contribution is 2.22. The number of hydrogen-bond donors (Lipinski definition) is 1. The number of nitrogens with zero attached hydrogens (tertiary/aromatic N) is 3. The summed E-state index contributed by atoms with van der Waals surface area (Å²) in [6.45, 7) is 11.5. The van der Waals surface area contributed by atoms with Crippen LogP contribution >= 0.6 is 0 Å². The number of aryl methyl sites for hydroxylation is 1. The number of carbonyl (C=O) groups is 2. The van der Waals surface area contributed by atoms with Crippen molar-refractivity contribution in [1.82, 2.24) is 19.7 Å². The smallest absolute Gasteiger partial charge is 0.270 e. The summed E-state index contributed by atoms with van der Waals surface area (Å²) in [4.78, 5) is 35.0. The Balaban J connectivity index is 1.31. The number of hydrogen-bond acceptors (Lipinski definition) is 3. The molecular formula is C23H32N4O2. The number of nitrogens with one attached hydrogen (secondary N) is 1. The van der Waals surface area contributed by atoms with E-state index in [-0.39, 0.29) is 11.8 Å². The van der Waals surface area contributed by atoms with Gasteiger partial charge in [0.15, 0.2) is 0 Å². The van der Waals surface area contributed by atoms with Crippen LogP contribution in [0.2, 0.25) is 0 Å². The van der Waals surface area contributed by atoms with Crippen LogP contribution in [0.4, 0.5) is 0 Å². The molecule has 0 bridgehead atoms. The number of aromatic nitrogens is 1. The number of piperidine rings is 1. The van der Waals surface area contributed by atoms with Gasteiger partial charge in [0.05, 0.1) is 6.54 Å². The quantitative estimate of drug-likeness (QED) is 0.868. The second-order valence-corrected chi connectivity index (χ2v) is 9.09. The Bertz CT molecular complexity index is 887. The summed E-state index contributed by atoms with van der Waals surface area (Å²) in [5.41, 5.74) is 2.82. The summed E-state index contributed by atoms with van der Waals surface area (Å²) in [6.07, 6.45) is 1.21. The fourth-order valence-corrected chi connectivity index (χ4v) is 4.80. The molecule has 1 aromatic carbocycles. The summed E-state index contributed by atoms with van der Waals surface area (Å²) < 4.78 is 0. The van der Waals surface area contributed by atoms with Crippen molar-refractivity contribution in [2.75, 3.05) is 45.8 Å². The van der Waals surface area contributed by atoms with Gasteiger partial charge in [-0.05, 0) is 43.4 Å². The van der Waals surface area contributed by atoms with E-state index in [1.165, 1.54) is 12.0 Å². The van der Waals surface area contributed by atoms with E-state index in [4.69, 9.17) is 0 Å². The summed E-state index contributed by atoms with van der Waals surface area (Å²) >= 11 is 0. The van der Waals surface area contributed by atoms with Crippen molar-refractivity contribution in [1.29, 1.82) is 0 Å². The normalized spacial score (nSPS) is 23.6.